The highest BCUT2D eigenvalue weighted by molar-refractivity contribution is 14.1. The maximum absolute atomic E-state index is 12.6. The molecule has 0 aliphatic carbocycles. The van der Waals surface area contributed by atoms with Crippen LogP contribution in [0.3, 0.4) is 0 Å². The second-order valence-electron chi connectivity index (χ2n) is 4.86. The van der Waals surface area contributed by atoms with Gasteiger partial charge in [0, 0.05) is 15.7 Å². The summed E-state index contributed by atoms with van der Waals surface area (Å²) < 4.78 is 0.966. The van der Waals surface area contributed by atoms with Gasteiger partial charge in [0.25, 0.3) is 5.91 Å². The van der Waals surface area contributed by atoms with Crippen molar-refractivity contribution in [2.75, 3.05) is 0 Å². The molecule has 1 heterocycles. The molecule has 4 heteroatoms. The number of halogens is 1. The fourth-order valence-corrected chi connectivity index (χ4v) is 3.15. The van der Waals surface area contributed by atoms with Gasteiger partial charge < -0.3 is 10.0 Å². The lowest BCUT2D eigenvalue weighted by Gasteiger charge is -2.28. The molecule has 1 aromatic carbocycles. The molecule has 0 saturated carbocycles. The van der Waals surface area contributed by atoms with Crippen LogP contribution in [-0.4, -0.2) is 28.0 Å². The first kappa shape index (κ1) is 13.6. The van der Waals surface area contributed by atoms with E-state index in [0.717, 1.165) is 22.8 Å². The SMILES string of the molecule is CCC1CCC(C)N1C(=O)c1cc(I)ccc1O. The number of aromatic hydroxyl groups is 1. The van der Waals surface area contributed by atoms with Crippen molar-refractivity contribution in [1.82, 2.24) is 4.90 Å². The Morgan fingerprint density at radius 2 is 2.22 bits per heavy atom. The summed E-state index contributed by atoms with van der Waals surface area (Å²) >= 11 is 2.16. The molecule has 1 N–H and O–H groups in total. The maximum atomic E-state index is 12.6. The van der Waals surface area contributed by atoms with Crippen LogP contribution in [0.4, 0.5) is 0 Å². The van der Waals surface area contributed by atoms with E-state index in [4.69, 9.17) is 0 Å². The highest BCUT2D eigenvalue weighted by Gasteiger charge is 2.34. The van der Waals surface area contributed by atoms with Gasteiger partial charge in [-0.05, 0) is 67.0 Å². The van der Waals surface area contributed by atoms with Crippen molar-refractivity contribution in [1.29, 1.82) is 0 Å². The predicted octanol–water partition coefficient (Wildman–Crippen LogP) is 3.40. The third kappa shape index (κ3) is 2.48. The molecule has 0 spiro atoms. The summed E-state index contributed by atoms with van der Waals surface area (Å²) in [4.78, 5) is 14.5. The average Bonchev–Trinajstić information content (AvgIpc) is 2.72. The third-order valence-corrected chi connectivity index (χ3v) is 4.35. The van der Waals surface area contributed by atoms with E-state index >= 15 is 0 Å². The molecule has 1 amide bonds. The van der Waals surface area contributed by atoms with Gasteiger partial charge in [0.15, 0.2) is 0 Å². The number of hydrogen-bond donors (Lipinski definition) is 1. The molecule has 18 heavy (non-hydrogen) atoms. The van der Waals surface area contributed by atoms with Gasteiger partial charge >= 0.3 is 0 Å². The summed E-state index contributed by atoms with van der Waals surface area (Å²) in [7, 11) is 0. The zero-order valence-electron chi connectivity index (χ0n) is 10.7. The van der Waals surface area contributed by atoms with Crippen LogP contribution < -0.4 is 0 Å². The van der Waals surface area contributed by atoms with E-state index in [0.29, 0.717) is 11.6 Å². The molecule has 2 unspecified atom stereocenters. The van der Waals surface area contributed by atoms with Gasteiger partial charge in [-0.2, -0.15) is 0 Å². The number of carbonyl (C=O) groups excluding carboxylic acids is 1. The molecule has 1 fully saturated rings. The van der Waals surface area contributed by atoms with Gasteiger partial charge in [-0.1, -0.05) is 6.92 Å². The Morgan fingerprint density at radius 3 is 2.89 bits per heavy atom. The van der Waals surface area contributed by atoms with Crippen LogP contribution in [0.5, 0.6) is 5.75 Å². The van der Waals surface area contributed by atoms with Crippen molar-refractivity contribution in [2.24, 2.45) is 0 Å². The van der Waals surface area contributed by atoms with Gasteiger partial charge in [0.2, 0.25) is 0 Å². The van der Waals surface area contributed by atoms with Crippen molar-refractivity contribution >= 4 is 28.5 Å². The number of amides is 1. The van der Waals surface area contributed by atoms with Gasteiger partial charge in [-0.3, -0.25) is 4.79 Å². The van der Waals surface area contributed by atoms with Crippen LogP contribution in [0, 0.1) is 3.57 Å². The topological polar surface area (TPSA) is 40.5 Å². The number of nitrogens with zero attached hydrogens (tertiary/aromatic N) is 1. The minimum atomic E-state index is -0.0390. The molecular weight excluding hydrogens is 341 g/mol. The van der Waals surface area contributed by atoms with Crippen LogP contribution in [0.25, 0.3) is 0 Å². The molecular formula is C14H18INO2. The summed E-state index contributed by atoms with van der Waals surface area (Å²) in [6.45, 7) is 4.19. The number of phenolic OH excluding ortho intramolecular Hbond substituents is 1. The molecule has 0 bridgehead atoms. The first-order valence-corrected chi connectivity index (χ1v) is 7.43. The van der Waals surface area contributed by atoms with E-state index < -0.39 is 0 Å². The number of phenols is 1. The van der Waals surface area contributed by atoms with Crippen molar-refractivity contribution in [3.63, 3.8) is 0 Å². The highest BCUT2D eigenvalue weighted by atomic mass is 127. The molecule has 1 saturated heterocycles. The number of likely N-dealkylation sites (tertiary alicyclic amines) is 1. The fraction of sp³-hybridized carbons (Fsp3) is 0.500. The van der Waals surface area contributed by atoms with E-state index in [2.05, 4.69) is 36.4 Å². The minimum absolute atomic E-state index is 0.0390. The Labute approximate surface area is 121 Å². The van der Waals surface area contributed by atoms with Gasteiger partial charge in [0.05, 0.1) is 5.56 Å². The smallest absolute Gasteiger partial charge is 0.258 e. The second-order valence-corrected chi connectivity index (χ2v) is 6.11. The van der Waals surface area contributed by atoms with E-state index in [1.807, 2.05) is 4.90 Å². The Morgan fingerprint density at radius 1 is 1.50 bits per heavy atom. The summed E-state index contributed by atoms with van der Waals surface area (Å²) in [6.07, 6.45) is 3.09. The van der Waals surface area contributed by atoms with E-state index in [1.165, 1.54) is 0 Å². The van der Waals surface area contributed by atoms with Crippen molar-refractivity contribution in [3.05, 3.63) is 27.3 Å². The van der Waals surface area contributed by atoms with Crippen molar-refractivity contribution in [2.45, 2.75) is 45.2 Å². The maximum Gasteiger partial charge on any atom is 0.258 e. The molecule has 1 aliphatic rings. The van der Waals surface area contributed by atoms with E-state index in [-0.39, 0.29) is 17.7 Å². The zero-order valence-corrected chi connectivity index (χ0v) is 12.8. The van der Waals surface area contributed by atoms with E-state index in [1.54, 1.807) is 18.2 Å². The first-order valence-electron chi connectivity index (χ1n) is 6.35. The Balaban J connectivity index is 2.32. The normalized spacial score (nSPS) is 23.4. The summed E-state index contributed by atoms with van der Waals surface area (Å²) in [6, 6.07) is 5.73. The lowest BCUT2D eigenvalue weighted by Crippen LogP contribution is -2.39. The second kappa shape index (κ2) is 5.47. The lowest BCUT2D eigenvalue weighted by molar-refractivity contribution is 0.0673. The zero-order chi connectivity index (χ0) is 13.3. The fourth-order valence-electron chi connectivity index (χ4n) is 2.66. The molecule has 3 nitrogen and oxygen atoms in total. The number of carbonyl (C=O) groups is 1. The van der Waals surface area contributed by atoms with Crippen LogP contribution in [0.1, 0.15) is 43.5 Å². The average molecular weight is 359 g/mol. The Hall–Kier alpha value is -0.780. The van der Waals surface area contributed by atoms with E-state index in [9.17, 15) is 9.90 Å². The largest absolute Gasteiger partial charge is 0.507 e. The molecule has 2 rings (SSSR count). The number of benzene rings is 1. The lowest BCUT2D eigenvalue weighted by atomic mass is 10.1. The van der Waals surface area contributed by atoms with Crippen LogP contribution in [-0.2, 0) is 0 Å². The molecule has 0 radical (unpaired) electrons. The standard InChI is InChI=1S/C14H18INO2/c1-3-11-6-4-9(2)16(11)14(18)12-8-10(15)5-7-13(12)17/h5,7-9,11,17H,3-4,6H2,1-2H3. The Bertz CT molecular complexity index is 461. The molecule has 2 atom stereocenters. The summed E-state index contributed by atoms with van der Waals surface area (Å²) in [5.74, 6) is 0.0391. The van der Waals surface area contributed by atoms with Crippen LogP contribution >= 0.6 is 22.6 Å². The van der Waals surface area contributed by atoms with Gasteiger partial charge in [0.1, 0.15) is 5.75 Å². The van der Waals surface area contributed by atoms with Crippen LogP contribution in [0.2, 0.25) is 0 Å². The van der Waals surface area contributed by atoms with Crippen molar-refractivity contribution < 1.29 is 9.90 Å². The van der Waals surface area contributed by atoms with Crippen molar-refractivity contribution in [3.8, 4) is 5.75 Å². The molecule has 0 aromatic heterocycles. The number of rotatable bonds is 2. The first-order chi connectivity index (χ1) is 8.54. The summed E-state index contributed by atoms with van der Waals surface area (Å²) in [5, 5.41) is 9.86. The van der Waals surface area contributed by atoms with Gasteiger partial charge in [-0.15, -0.1) is 0 Å². The van der Waals surface area contributed by atoms with Crippen LogP contribution in [0.15, 0.2) is 18.2 Å². The molecule has 98 valence electrons. The molecule has 1 aliphatic heterocycles. The monoisotopic (exact) mass is 359 g/mol. The quantitative estimate of drug-likeness (QED) is 0.823. The van der Waals surface area contributed by atoms with Gasteiger partial charge in [-0.25, -0.2) is 0 Å². The Kier molecular flexibility index (Phi) is 4.14. The number of hydrogen-bond acceptors (Lipinski definition) is 2. The highest BCUT2D eigenvalue weighted by Crippen LogP contribution is 2.30. The summed E-state index contributed by atoms with van der Waals surface area (Å²) in [5.41, 5.74) is 0.425. The predicted molar refractivity (Wildman–Crippen MR) is 79.8 cm³/mol. The third-order valence-electron chi connectivity index (χ3n) is 3.68. The minimum Gasteiger partial charge on any atom is -0.507 e. The molecule has 1 aromatic rings.